The summed E-state index contributed by atoms with van der Waals surface area (Å²) in [6.07, 6.45) is 5.19. The molecule has 1 fully saturated rings. The molecule has 1 N–H and O–H groups in total. The van der Waals surface area contributed by atoms with E-state index in [1.54, 1.807) is 55.5 Å². The van der Waals surface area contributed by atoms with Gasteiger partial charge in [-0.05, 0) is 62.1 Å². The molecule has 0 radical (unpaired) electrons. The van der Waals surface area contributed by atoms with Crippen LogP contribution >= 0.6 is 0 Å². The molecule has 0 aromatic heterocycles. The molecule has 2 amide bonds. The highest BCUT2D eigenvalue weighted by Crippen LogP contribution is 2.25. The van der Waals surface area contributed by atoms with Crippen LogP contribution in [-0.2, 0) is 26.2 Å². The van der Waals surface area contributed by atoms with E-state index in [0.29, 0.717) is 5.69 Å². The summed E-state index contributed by atoms with van der Waals surface area (Å²) in [5.41, 5.74) is 2.28. The van der Waals surface area contributed by atoms with Gasteiger partial charge in [0.1, 0.15) is 12.6 Å². The summed E-state index contributed by atoms with van der Waals surface area (Å²) in [6, 6.07) is 23.7. The zero-order valence-electron chi connectivity index (χ0n) is 22.6. The van der Waals surface area contributed by atoms with Gasteiger partial charge in [-0.1, -0.05) is 79.9 Å². The molecule has 39 heavy (non-hydrogen) atoms. The second-order valence-corrected chi connectivity index (χ2v) is 12.0. The van der Waals surface area contributed by atoms with Crippen LogP contribution in [0.4, 0.5) is 5.69 Å². The van der Waals surface area contributed by atoms with Gasteiger partial charge in [-0.2, -0.15) is 0 Å². The topological polar surface area (TPSA) is 86.8 Å². The average Bonchev–Trinajstić information content (AvgIpc) is 2.96. The molecule has 7 nitrogen and oxygen atoms in total. The SMILES string of the molecule is Cc1ccccc1CN(C(=O)CN(c1ccccc1)S(=O)(=O)c1ccccc1)[C@@H](C)C(=O)NC1CCCCC1. The number of sulfonamides is 1. The first-order valence-electron chi connectivity index (χ1n) is 13.5. The first-order valence-corrected chi connectivity index (χ1v) is 15.0. The van der Waals surface area contributed by atoms with Gasteiger partial charge in [0.15, 0.2) is 0 Å². The lowest BCUT2D eigenvalue weighted by molar-refractivity contribution is -0.139. The molecule has 3 aromatic carbocycles. The highest BCUT2D eigenvalue weighted by molar-refractivity contribution is 7.92. The van der Waals surface area contributed by atoms with Crippen LogP contribution in [0.2, 0.25) is 0 Å². The number of benzene rings is 3. The van der Waals surface area contributed by atoms with E-state index in [2.05, 4.69) is 5.32 Å². The minimum Gasteiger partial charge on any atom is -0.352 e. The third-order valence-corrected chi connectivity index (χ3v) is 9.16. The third-order valence-electron chi connectivity index (χ3n) is 7.38. The molecule has 8 heteroatoms. The molecular weight excluding hydrogens is 510 g/mol. The molecule has 0 aliphatic heterocycles. The van der Waals surface area contributed by atoms with Crippen LogP contribution in [0.3, 0.4) is 0 Å². The summed E-state index contributed by atoms with van der Waals surface area (Å²) in [7, 11) is -4.05. The van der Waals surface area contributed by atoms with Crippen molar-refractivity contribution >= 4 is 27.5 Å². The standard InChI is InChI=1S/C31H37N3O4S/c1-24-14-12-13-15-26(24)22-33(25(2)31(36)32-27-16-6-3-7-17-27)30(35)23-34(28-18-8-4-9-19-28)39(37,38)29-20-10-5-11-21-29/h4-5,8-15,18-21,25,27H,3,6-7,16-17,22-23H2,1-2H3,(H,32,36)/t25-/m0/s1. The number of nitrogens with one attached hydrogen (secondary N) is 1. The predicted octanol–water partition coefficient (Wildman–Crippen LogP) is 5.06. The van der Waals surface area contributed by atoms with Crippen LogP contribution in [0.5, 0.6) is 0 Å². The Kier molecular flexibility index (Phi) is 9.41. The van der Waals surface area contributed by atoms with E-state index < -0.39 is 28.5 Å². The zero-order chi connectivity index (χ0) is 27.8. The van der Waals surface area contributed by atoms with Crippen LogP contribution in [0.25, 0.3) is 0 Å². The van der Waals surface area contributed by atoms with E-state index in [0.717, 1.165) is 41.1 Å². The average molecular weight is 548 g/mol. The fourth-order valence-electron chi connectivity index (χ4n) is 4.97. The number of para-hydroxylation sites is 1. The van der Waals surface area contributed by atoms with Gasteiger partial charge in [-0.25, -0.2) is 8.42 Å². The van der Waals surface area contributed by atoms with Crippen molar-refractivity contribution in [1.29, 1.82) is 0 Å². The number of carbonyl (C=O) groups excluding carboxylic acids is 2. The lowest BCUT2D eigenvalue weighted by Gasteiger charge is -2.33. The van der Waals surface area contributed by atoms with Gasteiger partial charge in [0.25, 0.3) is 10.0 Å². The third kappa shape index (κ3) is 7.06. The summed E-state index contributed by atoms with van der Waals surface area (Å²) >= 11 is 0. The maximum atomic E-state index is 14.0. The van der Waals surface area contributed by atoms with Crippen LogP contribution in [0, 0.1) is 6.92 Å². The van der Waals surface area contributed by atoms with E-state index in [-0.39, 0.29) is 23.4 Å². The molecule has 3 aromatic rings. The van der Waals surface area contributed by atoms with Crippen molar-refractivity contribution in [3.8, 4) is 0 Å². The summed E-state index contributed by atoms with van der Waals surface area (Å²) < 4.78 is 28.6. The molecule has 1 aliphatic rings. The Hall–Kier alpha value is -3.65. The van der Waals surface area contributed by atoms with Crippen molar-refractivity contribution in [2.24, 2.45) is 0 Å². The van der Waals surface area contributed by atoms with E-state index in [1.807, 2.05) is 31.2 Å². The number of anilines is 1. The highest BCUT2D eigenvalue weighted by Gasteiger charge is 2.33. The van der Waals surface area contributed by atoms with Crippen LogP contribution < -0.4 is 9.62 Å². The molecule has 1 aliphatic carbocycles. The van der Waals surface area contributed by atoms with Gasteiger partial charge in [0, 0.05) is 12.6 Å². The molecule has 0 unspecified atom stereocenters. The minimum absolute atomic E-state index is 0.0928. The van der Waals surface area contributed by atoms with Crippen LogP contribution in [0.1, 0.15) is 50.2 Å². The van der Waals surface area contributed by atoms with E-state index in [4.69, 9.17) is 0 Å². The molecule has 206 valence electrons. The Labute approximate surface area is 231 Å². The molecule has 1 atom stereocenters. The fraction of sp³-hybridized carbons (Fsp3) is 0.355. The Balaban J connectivity index is 1.65. The minimum atomic E-state index is -4.05. The van der Waals surface area contributed by atoms with Gasteiger partial charge in [-0.3, -0.25) is 13.9 Å². The molecule has 1 saturated carbocycles. The number of amides is 2. The van der Waals surface area contributed by atoms with Crippen molar-refractivity contribution in [2.75, 3.05) is 10.8 Å². The fourth-order valence-corrected chi connectivity index (χ4v) is 6.40. The van der Waals surface area contributed by atoms with Crippen molar-refractivity contribution < 1.29 is 18.0 Å². The maximum Gasteiger partial charge on any atom is 0.264 e. The Morgan fingerprint density at radius 3 is 2.10 bits per heavy atom. The maximum absolute atomic E-state index is 14.0. The highest BCUT2D eigenvalue weighted by atomic mass is 32.2. The van der Waals surface area contributed by atoms with E-state index in [1.165, 1.54) is 23.5 Å². The van der Waals surface area contributed by atoms with Crippen molar-refractivity contribution in [1.82, 2.24) is 10.2 Å². The second kappa shape index (κ2) is 12.9. The van der Waals surface area contributed by atoms with Gasteiger partial charge in [0.05, 0.1) is 10.6 Å². The monoisotopic (exact) mass is 547 g/mol. The Bertz CT molecular complexity index is 1360. The number of carbonyl (C=O) groups is 2. The number of rotatable bonds is 10. The summed E-state index contributed by atoms with van der Waals surface area (Å²) in [5, 5.41) is 3.13. The van der Waals surface area contributed by atoms with Crippen molar-refractivity contribution in [3.63, 3.8) is 0 Å². The molecular formula is C31H37N3O4S. The van der Waals surface area contributed by atoms with Gasteiger partial charge in [0.2, 0.25) is 11.8 Å². The van der Waals surface area contributed by atoms with Crippen LogP contribution in [0.15, 0.2) is 89.8 Å². The number of nitrogens with zero attached hydrogens (tertiary/aromatic N) is 2. The molecule has 0 bridgehead atoms. The predicted molar refractivity (Wildman–Crippen MR) is 154 cm³/mol. The van der Waals surface area contributed by atoms with E-state index >= 15 is 0 Å². The van der Waals surface area contributed by atoms with Crippen molar-refractivity contribution in [3.05, 3.63) is 96.1 Å². The number of hydrogen-bond acceptors (Lipinski definition) is 4. The van der Waals surface area contributed by atoms with Gasteiger partial charge < -0.3 is 10.2 Å². The molecule has 0 saturated heterocycles. The summed E-state index contributed by atoms with van der Waals surface area (Å²) in [5.74, 6) is -0.672. The molecule has 4 rings (SSSR count). The normalized spacial score (nSPS) is 14.8. The number of hydrogen-bond donors (Lipinski definition) is 1. The van der Waals surface area contributed by atoms with Gasteiger partial charge >= 0.3 is 0 Å². The molecule has 0 spiro atoms. The first-order chi connectivity index (χ1) is 18.8. The largest absolute Gasteiger partial charge is 0.352 e. The number of aryl methyl sites for hydroxylation is 1. The lowest BCUT2D eigenvalue weighted by atomic mass is 9.95. The Morgan fingerprint density at radius 1 is 0.872 bits per heavy atom. The summed E-state index contributed by atoms with van der Waals surface area (Å²) in [6.45, 7) is 3.43. The van der Waals surface area contributed by atoms with Crippen molar-refractivity contribution in [2.45, 2.75) is 69.5 Å². The van der Waals surface area contributed by atoms with Crippen LogP contribution in [-0.4, -0.2) is 43.8 Å². The molecule has 0 heterocycles. The smallest absolute Gasteiger partial charge is 0.264 e. The van der Waals surface area contributed by atoms with E-state index in [9.17, 15) is 18.0 Å². The van der Waals surface area contributed by atoms with Gasteiger partial charge in [-0.15, -0.1) is 0 Å². The second-order valence-electron chi connectivity index (χ2n) is 10.1. The Morgan fingerprint density at radius 2 is 1.46 bits per heavy atom. The first kappa shape index (κ1) is 28.4. The lowest BCUT2D eigenvalue weighted by Crippen LogP contribution is -2.53. The zero-order valence-corrected chi connectivity index (χ0v) is 23.4. The summed E-state index contributed by atoms with van der Waals surface area (Å²) in [4.78, 5) is 29.0. The quantitative estimate of drug-likeness (QED) is 0.385.